The third kappa shape index (κ3) is 3.67. The maximum Gasteiger partial charge on any atom is 0.255 e. The molecule has 0 bridgehead atoms. The molecule has 5 heteroatoms. The van der Waals surface area contributed by atoms with Crippen LogP contribution in [0.1, 0.15) is 36.5 Å². The van der Waals surface area contributed by atoms with Gasteiger partial charge in [-0.2, -0.15) is 0 Å². The van der Waals surface area contributed by atoms with Crippen LogP contribution in [0.2, 0.25) is 0 Å². The van der Waals surface area contributed by atoms with E-state index in [4.69, 9.17) is 10.5 Å². The van der Waals surface area contributed by atoms with E-state index in [1.807, 2.05) is 4.90 Å². The largest absolute Gasteiger partial charge is 0.384 e. The Kier molecular flexibility index (Phi) is 4.74. The third-order valence-corrected chi connectivity index (χ3v) is 3.26. The summed E-state index contributed by atoms with van der Waals surface area (Å²) in [7, 11) is 0. The van der Waals surface area contributed by atoms with E-state index in [0.717, 1.165) is 32.4 Å². The van der Waals surface area contributed by atoms with E-state index in [-0.39, 0.29) is 12.0 Å². The van der Waals surface area contributed by atoms with Crippen molar-refractivity contribution in [1.29, 1.82) is 0 Å². The van der Waals surface area contributed by atoms with E-state index in [2.05, 4.69) is 11.9 Å². The number of nitrogens with zero attached hydrogens (tertiary/aromatic N) is 2. The summed E-state index contributed by atoms with van der Waals surface area (Å²) in [5.74, 6) is 0.441. The van der Waals surface area contributed by atoms with Crippen LogP contribution >= 0.6 is 0 Å². The standard InChI is InChI=1S/C14H21N3O2/c1-2-8-19-12-4-3-7-17(10-12)14(18)11-5-6-13(15)16-9-11/h5-6,9,12H,2-4,7-8,10H2,1H3,(H2,15,16). The SMILES string of the molecule is CCCOC1CCCN(C(=O)c2ccc(N)nc2)C1. The van der Waals surface area contributed by atoms with Gasteiger partial charge < -0.3 is 15.4 Å². The number of pyridine rings is 1. The normalized spacial score (nSPS) is 19.4. The fourth-order valence-corrected chi connectivity index (χ4v) is 2.26. The Bertz CT molecular complexity index is 419. The second-order valence-electron chi connectivity index (χ2n) is 4.86. The molecule has 2 N–H and O–H groups in total. The maximum absolute atomic E-state index is 12.3. The van der Waals surface area contributed by atoms with Gasteiger partial charge >= 0.3 is 0 Å². The summed E-state index contributed by atoms with van der Waals surface area (Å²) >= 11 is 0. The van der Waals surface area contributed by atoms with Crippen molar-refractivity contribution in [3.63, 3.8) is 0 Å². The number of hydrogen-bond donors (Lipinski definition) is 1. The summed E-state index contributed by atoms with van der Waals surface area (Å²) in [6.07, 6.45) is 4.73. The molecule has 1 fully saturated rings. The first-order valence-corrected chi connectivity index (χ1v) is 6.83. The van der Waals surface area contributed by atoms with E-state index in [0.29, 0.717) is 17.9 Å². The molecule has 2 heterocycles. The summed E-state index contributed by atoms with van der Waals surface area (Å²) in [5, 5.41) is 0. The zero-order valence-electron chi connectivity index (χ0n) is 11.3. The van der Waals surface area contributed by atoms with E-state index >= 15 is 0 Å². The van der Waals surface area contributed by atoms with Crippen molar-refractivity contribution >= 4 is 11.7 Å². The summed E-state index contributed by atoms with van der Waals surface area (Å²) in [4.78, 5) is 18.1. The highest BCUT2D eigenvalue weighted by molar-refractivity contribution is 5.94. The predicted octanol–water partition coefficient (Wildman–Crippen LogP) is 1.70. The van der Waals surface area contributed by atoms with Crippen molar-refractivity contribution in [2.24, 2.45) is 0 Å². The number of ether oxygens (including phenoxy) is 1. The van der Waals surface area contributed by atoms with Crippen molar-refractivity contribution in [2.45, 2.75) is 32.3 Å². The van der Waals surface area contributed by atoms with Crippen molar-refractivity contribution in [3.8, 4) is 0 Å². The number of nitrogens with two attached hydrogens (primary N) is 1. The van der Waals surface area contributed by atoms with Crippen LogP contribution in [-0.2, 0) is 4.74 Å². The van der Waals surface area contributed by atoms with Crippen LogP contribution in [-0.4, -0.2) is 41.6 Å². The Morgan fingerprint density at radius 3 is 3.11 bits per heavy atom. The average Bonchev–Trinajstić information content (AvgIpc) is 2.45. The van der Waals surface area contributed by atoms with Crippen molar-refractivity contribution in [2.75, 3.05) is 25.4 Å². The number of likely N-dealkylation sites (tertiary alicyclic amines) is 1. The lowest BCUT2D eigenvalue weighted by Crippen LogP contribution is -2.43. The molecule has 19 heavy (non-hydrogen) atoms. The van der Waals surface area contributed by atoms with E-state index in [1.165, 1.54) is 6.20 Å². The van der Waals surface area contributed by atoms with Crippen LogP contribution in [0.4, 0.5) is 5.82 Å². The van der Waals surface area contributed by atoms with Gasteiger partial charge in [-0.05, 0) is 31.4 Å². The number of carbonyl (C=O) groups is 1. The van der Waals surface area contributed by atoms with E-state index < -0.39 is 0 Å². The number of anilines is 1. The number of nitrogen functional groups attached to an aromatic ring is 1. The van der Waals surface area contributed by atoms with E-state index in [9.17, 15) is 4.79 Å². The van der Waals surface area contributed by atoms with Gasteiger partial charge in [-0.3, -0.25) is 4.79 Å². The Morgan fingerprint density at radius 1 is 1.58 bits per heavy atom. The molecule has 1 saturated heterocycles. The lowest BCUT2D eigenvalue weighted by molar-refractivity contribution is 0.00210. The van der Waals surface area contributed by atoms with Crippen LogP contribution in [0.25, 0.3) is 0 Å². The fraction of sp³-hybridized carbons (Fsp3) is 0.571. The van der Waals surface area contributed by atoms with Gasteiger partial charge in [0.05, 0.1) is 11.7 Å². The smallest absolute Gasteiger partial charge is 0.255 e. The molecule has 1 aromatic heterocycles. The monoisotopic (exact) mass is 263 g/mol. The molecule has 5 nitrogen and oxygen atoms in total. The highest BCUT2D eigenvalue weighted by Crippen LogP contribution is 2.16. The van der Waals surface area contributed by atoms with Gasteiger partial charge in [-0.1, -0.05) is 6.92 Å². The molecule has 1 amide bonds. The number of carbonyl (C=O) groups excluding carboxylic acids is 1. The van der Waals surface area contributed by atoms with Crippen LogP contribution in [0.5, 0.6) is 0 Å². The molecule has 0 spiro atoms. The molecular weight excluding hydrogens is 242 g/mol. The van der Waals surface area contributed by atoms with Gasteiger partial charge in [-0.15, -0.1) is 0 Å². The minimum atomic E-state index is 0.0114. The highest BCUT2D eigenvalue weighted by Gasteiger charge is 2.24. The number of hydrogen-bond acceptors (Lipinski definition) is 4. The number of rotatable bonds is 4. The minimum Gasteiger partial charge on any atom is -0.384 e. The van der Waals surface area contributed by atoms with Crippen LogP contribution in [0.3, 0.4) is 0 Å². The highest BCUT2D eigenvalue weighted by atomic mass is 16.5. The van der Waals surface area contributed by atoms with Crippen molar-refractivity contribution in [3.05, 3.63) is 23.9 Å². The molecule has 0 aromatic carbocycles. The average molecular weight is 263 g/mol. The summed E-state index contributed by atoms with van der Waals surface area (Å²) < 4.78 is 5.74. The van der Waals surface area contributed by atoms with Gasteiger partial charge in [0.2, 0.25) is 0 Å². The number of amides is 1. The molecule has 0 saturated carbocycles. The van der Waals surface area contributed by atoms with Crippen LogP contribution < -0.4 is 5.73 Å². The molecule has 1 aromatic rings. The first kappa shape index (κ1) is 13.8. The molecule has 1 aliphatic rings. The molecule has 1 aliphatic heterocycles. The number of aromatic nitrogens is 1. The zero-order valence-corrected chi connectivity index (χ0v) is 11.3. The van der Waals surface area contributed by atoms with Crippen molar-refractivity contribution < 1.29 is 9.53 Å². The molecule has 1 unspecified atom stereocenters. The van der Waals surface area contributed by atoms with Gasteiger partial charge in [0.15, 0.2) is 0 Å². The van der Waals surface area contributed by atoms with Gasteiger partial charge in [-0.25, -0.2) is 4.98 Å². The number of piperidine rings is 1. The lowest BCUT2D eigenvalue weighted by Gasteiger charge is -2.32. The Hall–Kier alpha value is -1.62. The first-order chi connectivity index (χ1) is 9.20. The summed E-state index contributed by atoms with van der Waals surface area (Å²) in [5.41, 5.74) is 6.11. The molecule has 1 atom stereocenters. The minimum absolute atomic E-state index is 0.0114. The zero-order chi connectivity index (χ0) is 13.7. The molecule has 2 rings (SSSR count). The van der Waals surface area contributed by atoms with Crippen LogP contribution in [0, 0.1) is 0 Å². The second-order valence-corrected chi connectivity index (χ2v) is 4.86. The van der Waals surface area contributed by atoms with Crippen LogP contribution in [0.15, 0.2) is 18.3 Å². The molecule has 0 radical (unpaired) electrons. The van der Waals surface area contributed by atoms with Gasteiger partial charge in [0.25, 0.3) is 5.91 Å². The fourth-order valence-electron chi connectivity index (χ4n) is 2.26. The topological polar surface area (TPSA) is 68.5 Å². The summed E-state index contributed by atoms with van der Waals surface area (Å²) in [6.45, 7) is 4.31. The molecular formula is C14H21N3O2. The molecule has 0 aliphatic carbocycles. The third-order valence-electron chi connectivity index (χ3n) is 3.26. The van der Waals surface area contributed by atoms with Gasteiger partial charge in [0.1, 0.15) is 5.82 Å². The predicted molar refractivity (Wildman–Crippen MR) is 73.8 cm³/mol. The quantitative estimate of drug-likeness (QED) is 0.897. The van der Waals surface area contributed by atoms with E-state index in [1.54, 1.807) is 12.1 Å². The molecule has 104 valence electrons. The Morgan fingerprint density at radius 2 is 2.42 bits per heavy atom. The van der Waals surface area contributed by atoms with Gasteiger partial charge in [0, 0.05) is 25.9 Å². The Balaban J connectivity index is 1.96. The maximum atomic E-state index is 12.3. The Labute approximate surface area is 113 Å². The second kappa shape index (κ2) is 6.52. The lowest BCUT2D eigenvalue weighted by atomic mass is 10.1. The summed E-state index contributed by atoms with van der Waals surface area (Å²) in [6, 6.07) is 3.38. The first-order valence-electron chi connectivity index (χ1n) is 6.83. The van der Waals surface area contributed by atoms with Crippen molar-refractivity contribution in [1.82, 2.24) is 9.88 Å².